The summed E-state index contributed by atoms with van der Waals surface area (Å²) in [6, 6.07) is 16.5. The monoisotopic (exact) mass is 367 g/mol. The molecule has 1 amide bonds. The summed E-state index contributed by atoms with van der Waals surface area (Å²) in [5.74, 6) is 0.628. The zero-order valence-electron chi connectivity index (χ0n) is 16.3. The van der Waals surface area contributed by atoms with Crippen LogP contribution in [0.25, 0.3) is 0 Å². The summed E-state index contributed by atoms with van der Waals surface area (Å²) in [4.78, 5) is 13.7. The summed E-state index contributed by atoms with van der Waals surface area (Å²) >= 11 is 0. The molecular formula is C23H31N2O2+. The van der Waals surface area contributed by atoms with Gasteiger partial charge < -0.3 is 15.0 Å². The van der Waals surface area contributed by atoms with Gasteiger partial charge in [0, 0.05) is 12.1 Å². The van der Waals surface area contributed by atoms with Crippen LogP contribution in [-0.2, 0) is 24.3 Å². The van der Waals surface area contributed by atoms with Gasteiger partial charge in [-0.3, -0.25) is 4.79 Å². The average Bonchev–Trinajstić information content (AvgIpc) is 2.73. The molecule has 1 heterocycles. The molecule has 27 heavy (non-hydrogen) atoms. The summed E-state index contributed by atoms with van der Waals surface area (Å²) in [6.07, 6.45) is 5.09. The van der Waals surface area contributed by atoms with E-state index in [1.54, 1.807) is 4.90 Å². The number of quaternary nitrogens is 1. The molecule has 2 N–H and O–H groups in total. The number of ether oxygens (including phenoxy) is 1. The number of carbonyl (C=O) groups excluding carboxylic acids is 1. The Labute approximate surface area is 162 Å². The third kappa shape index (κ3) is 6.40. The van der Waals surface area contributed by atoms with E-state index >= 15 is 0 Å². The lowest BCUT2D eigenvalue weighted by Crippen LogP contribution is -3.11. The first-order valence-electron chi connectivity index (χ1n) is 10.1. The van der Waals surface area contributed by atoms with E-state index in [1.165, 1.54) is 43.5 Å². The minimum absolute atomic E-state index is 0.0435. The van der Waals surface area contributed by atoms with E-state index in [1.807, 2.05) is 24.3 Å². The zero-order chi connectivity index (χ0) is 18.9. The highest BCUT2D eigenvalue weighted by Gasteiger charge is 2.13. The van der Waals surface area contributed by atoms with Gasteiger partial charge in [-0.1, -0.05) is 43.3 Å². The van der Waals surface area contributed by atoms with E-state index in [0.717, 1.165) is 24.3 Å². The molecular weight excluding hydrogens is 336 g/mol. The van der Waals surface area contributed by atoms with Gasteiger partial charge in [0.15, 0.2) is 6.61 Å². The molecule has 1 fully saturated rings. The number of rotatable bonds is 8. The molecule has 1 aliphatic heterocycles. The molecule has 3 rings (SSSR count). The third-order valence-electron chi connectivity index (χ3n) is 5.23. The Hall–Kier alpha value is -2.33. The van der Waals surface area contributed by atoms with Crippen LogP contribution in [0.15, 0.2) is 48.5 Å². The number of likely N-dealkylation sites (tertiary alicyclic amines) is 1. The molecule has 0 unspecified atom stereocenters. The van der Waals surface area contributed by atoms with E-state index in [2.05, 4.69) is 36.5 Å². The highest BCUT2D eigenvalue weighted by atomic mass is 16.5. The van der Waals surface area contributed by atoms with Crippen molar-refractivity contribution in [3.8, 4) is 5.75 Å². The van der Waals surface area contributed by atoms with Crippen LogP contribution < -0.4 is 15.0 Å². The van der Waals surface area contributed by atoms with Gasteiger partial charge in [0.25, 0.3) is 5.91 Å². The predicted molar refractivity (Wildman–Crippen MR) is 108 cm³/mol. The van der Waals surface area contributed by atoms with Crippen LogP contribution in [0.1, 0.15) is 42.9 Å². The lowest BCUT2D eigenvalue weighted by Gasteiger charge is -2.23. The standard InChI is InChI=1S/C23H30N2O2/c1-2-19-10-12-22(13-11-19)27-18-23(26)24-16-20-6-8-21(9-7-20)17-25-14-4-3-5-15-25/h6-13H,2-5,14-18H2,1H3,(H,24,26)/p+1. The van der Waals surface area contributed by atoms with Crippen LogP contribution in [0.4, 0.5) is 0 Å². The maximum atomic E-state index is 12.0. The number of nitrogens with one attached hydrogen (secondary N) is 2. The molecule has 1 aliphatic rings. The van der Waals surface area contributed by atoms with Gasteiger partial charge in [-0.2, -0.15) is 0 Å². The molecule has 1 saturated heterocycles. The number of aryl methyl sites for hydroxylation is 1. The van der Waals surface area contributed by atoms with Crippen LogP contribution in [0.3, 0.4) is 0 Å². The molecule has 0 radical (unpaired) electrons. The number of hydrogen-bond acceptors (Lipinski definition) is 2. The largest absolute Gasteiger partial charge is 0.484 e. The maximum absolute atomic E-state index is 12.0. The van der Waals surface area contributed by atoms with Gasteiger partial charge in [-0.25, -0.2) is 0 Å². The average molecular weight is 368 g/mol. The lowest BCUT2D eigenvalue weighted by molar-refractivity contribution is -0.918. The zero-order valence-corrected chi connectivity index (χ0v) is 16.3. The van der Waals surface area contributed by atoms with Gasteiger partial charge in [0.05, 0.1) is 13.1 Å². The first-order valence-corrected chi connectivity index (χ1v) is 10.1. The fourth-order valence-electron chi connectivity index (χ4n) is 3.51. The Morgan fingerprint density at radius 1 is 0.926 bits per heavy atom. The van der Waals surface area contributed by atoms with Gasteiger partial charge in [0.1, 0.15) is 12.3 Å². The van der Waals surface area contributed by atoms with Crippen molar-refractivity contribution >= 4 is 5.91 Å². The van der Waals surface area contributed by atoms with Crippen LogP contribution in [-0.4, -0.2) is 25.6 Å². The first kappa shape index (κ1) is 19.4. The maximum Gasteiger partial charge on any atom is 0.258 e. The Morgan fingerprint density at radius 2 is 1.56 bits per heavy atom. The summed E-state index contributed by atoms with van der Waals surface area (Å²) in [6.45, 7) is 6.38. The molecule has 0 bridgehead atoms. The molecule has 4 heteroatoms. The molecule has 0 spiro atoms. The van der Waals surface area contributed by atoms with Gasteiger partial charge in [-0.15, -0.1) is 0 Å². The van der Waals surface area contributed by atoms with E-state index in [0.29, 0.717) is 6.54 Å². The third-order valence-corrected chi connectivity index (χ3v) is 5.23. The molecule has 4 nitrogen and oxygen atoms in total. The van der Waals surface area contributed by atoms with Gasteiger partial charge >= 0.3 is 0 Å². The van der Waals surface area contributed by atoms with Crippen molar-refractivity contribution in [3.05, 3.63) is 65.2 Å². The molecule has 2 aromatic rings. The normalized spacial score (nSPS) is 14.7. The van der Waals surface area contributed by atoms with E-state index < -0.39 is 0 Å². The van der Waals surface area contributed by atoms with Crippen molar-refractivity contribution in [2.45, 2.75) is 45.7 Å². The quantitative estimate of drug-likeness (QED) is 0.753. The molecule has 0 saturated carbocycles. The molecule has 0 atom stereocenters. The van der Waals surface area contributed by atoms with Crippen molar-refractivity contribution in [1.29, 1.82) is 0 Å². The fourth-order valence-corrected chi connectivity index (χ4v) is 3.51. The van der Waals surface area contributed by atoms with Crippen LogP contribution in [0, 0.1) is 0 Å². The topological polar surface area (TPSA) is 42.8 Å². The SMILES string of the molecule is CCc1ccc(OCC(=O)NCc2ccc(C[NH+]3CCCCC3)cc2)cc1. The fraction of sp³-hybridized carbons (Fsp3) is 0.435. The summed E-state index contributed by atoms with van der Waals surface area (Å²) in [5, 5.41) is 2.92. The predicted octanol–water partition coefficient (Wildman–Crippen LogP) is 2.51. The highest BCUT2D eigenvalue weighted by molar-refractivity contribution is 5.77. The minimum Gasteiger partial charge on any atom is -0.484 e. The van der Waals surface area contributed by atoms with Crippen LogP contribution in [0.2, 0.25) is 0 Å². The van der Waals surface area contributed by atoms with Crippen molar-refractivity contribution in [2.24, 2.45) is 0 Å². The van der Waals surface area contributed by atoms with E-state index in [9.17, 15) is 4.79 Å². The Bertz CT molecular complexity index is 704. The van der Waals surface area contributed by atoms with Crippen molar-refractivity contribution in [3.63, 3.8) is 0 Å². The van der Waals surface area contributed by atoms with Crippen LogP contribution >= 0.6 is 0 Å². The van der Waals surface area contributed by atoms with Gasteiger partial charge in [0.2, 0.25) is 0 Å². The minimum atomic E-state index is -0.101. The highest BCUT2D eigenvalue weighted by Crippen LogP contribution is 2.12. The number of amides is 1. The molecule has 0 aromatic heterocycles. The smallest absolute Gasteiger partial charge is 0.258 e. The second kappa shape index (κ2) is 10.1. The van der Waals surface area contributed by atoms with E-state index in [-0.39, 0.29) is 12.5 Å². The number of hydrogen-bond donors (Lipinski definition) is 2. The Morgan fingerprint density at radius 3 is 2.22 bits per heavy atom. The second-order valence-electron chi connectivity index (χ2n) is 7.37. The number of piperidine rings is 1. The van der Waals surface area contributed by atoms with Crippen molar-refractivity contribution in [1.82, 2.24) is 5.32 Å². The van der Waals surface area contributed by atoms with Crippen LogP contribution in [0.5, 0.6) is 5.75 Å². The molecule has 2 aromatic carbocycles. The molecule has 144 valence electrons. The Balaban J connectivity index is 1.38. The van der Waals surface area contributed by atoms with Crippen molar-refractivity contribution < 1.29 is 14.4 Å². The summed E-state index contributed by atoms with van der Waals surface area (Å²) in [5.41, 5.74) is 3.76. The second-order valence-corrected chi connectivity index (χ2v) is 7.37. The van der Waals surface area contributed by atoms with Gasteiger partial charge in [-0.05, 0) is 48.9 Å². The summed E-state index contributed by atoms with van der Waals surface area (Å²) in [7, 11) is 0. The van der Waals surface area contributed by atoms with Crippen molar-refractivity contribution in [2.75, 3.05) is 19.7 Å². The van der Waals surface area contributed by atoms with E-state index in [4.69, 9.17) is 4.74 Å². The summed E-state index contributed by atoms with van der Waals surface area (Å²) < 4.78 is 5.54. The number of benzene rings is 2. The first-order chi connectivity index (χ1) is 13.2. The number of carbonyl (C=O) groups is 1. The lowest BCUT2D eigenvalue weighted by atomic mass is 10.1. The Kier molecular flexibility index (Phi) is 7.28. The molecule has 0 aliphatic carbocycles.